The number of phenolic OH excluding ortho intramolecular Hbond substituents is 1. The number of aromatic hydroxyl groups is 1. The highest BCUT2D eigenvalue weighted by Gasteiger charge is 2.24. The lowest BCUT2D eigenvalue weighted by Gasteiger charge is -2.22. The molecule has 0 spiro atoms. The highest BCUT2D eigenvalue weighted by atomic mass is 16.3. The molecule has 0 saturated heterocycles. The van der Waals surface area contributed by atoms with E-state index in [-0.39, 0.29) is 40.9 Å². The number of imidazole rings is 1. The van der Waals surface area contributed by atoms with Crippen LogP contribution in [0.15, 0.2) is 158 Å². The van der Waals surface area contributed by atoms with Crippen molar-refractivity contribution in [2.75, 3.05) is 0 Å². The van der Waals surface area contributed by atoms with Gasteiger partial charge >= 0.3 is 0 Å². The van der Waals surface area contributed by atoms with Gasteiger partial charge in [0.25, 0.3) is 0 Å². The number of fused-ring (bicyclic) bond motifs is 1. The fourth-order valence-corrected chi connectivity index (χ4v) is 6.81. The predicted molar refractivity (Wildman–Crippen MR) is 220 cm³/mol. The van der Waals surface area contributed by atoms with E-state index in [1.165, 1.54) is 0 Å². The van der Waals surface area contributed by atoms with E-state index >= 15 is 0 Å². The van der Waals surface area contributed by atoms with Crippen LogP contribution in [0.1, 0.15) is 59.9 Å². The highest BCUT2D eigenvalue weighted by molar-refractivity contribution is 5.97. The molecule has 53 heavy (non-hydrogen) atoms. The SMILES string of the molecule is [2H]c1c([2H])c([2H])c(-c2ccnc(-c3cc(-c4cccc5c4nc(-c4ccccc4O)n5-c4ccc(C([2H])(C)C)cc4-c4ccccc4)cc(C(C)(C)C)c3)c2)c([2H])c1[2H]. The van der Waals surface area contributed by atoms with Crippen LogP contribution in [0.25, 0.3) is 72.7 Å². The van der Waals surface area contributed by atoms with Crippen molar-refractivity contribution in [2.24, 2.45) is 0 Å². The van der Waals surface area contributed by atoms with Gasteiger partial charge in [-0.05, 0) is 99.3 Å². The summed E-state index contributed by atoms with van der Waals surface area (Å²) in [5.41, 5.74) is 10.2. The maximum Gasteiger partial charge on any atom is 0.149 e. The van der Waals surface area contributed by atoms with E-state index in [1.807, 2.05) is 74.5 Å². The van der Waals surface area contributed by atoms with Crippen LogP contribution in [-0.2, 0) is 5.41 Å². The fraction of sp³-hybridized carbons (Fsp3) is 0.143. The standard InChI is InChI=1S/C49H43N3O/c1-32(2)35-23-24-44(42(30-35)34-17-10-7-11-18-34)52-45-21-14-20-40(47(45)51-48(52)41-19-12-13-22-46(41)53)37-27-38(29-39(28-37)49(3,4)5)43-31-36(25-26-50-43)33-15-8-6-9-16-33/h6-32,53H,1-5H3/i6D,8D,9D,15D,16D,32D. The molecule has 0 saturated carbocycles. The Morgan fingerprint density at radius 1 is 0.660 bits per heavy atom. The second-order valence-corrected chi connectivity index (χ2v) is 14.5. The quantitative estimate of drug-likeness (QED) is 0.181. The Bertz CT molecular complexity index is 2900. The molecule has 8 rings (SSSR count). The Balaban J connectivity index is 1.39. The van der Waals surface area contributed by atoms with E-state index in [2.05, 4.69) is 61.7 Å². The average molecular weight is 696 g/mol. The molecule has 8 aromatic rings. The third kappa shape index (κ3) is 6.53. The molecular weight excluding hydrogens is 647 g/mol. The molecule has 0 bridgehead atoms. The summed E-state index contributed by atoms with van der Waals surface area (Å²) in [6, 6.07) is 37.5. The van der Waals surface area contributed by atoms with Crippen molar-refractivity contribution in [3.63, 3.8) is 0 Å². The van der Waals surface area contributed by atoms with Gasteiger partial charge in [0.1, 0.15) is 11.6 Å². The molecule has 6 aromatic carbocycles. The lowest BCUT2D eigenvalue weighted by atomic mass is 9.83. The predicted octanol–water partition coefficient (Wildman–Crippen LogP) is 12.9. The number of pyridine rings is 1. The van der Waals surface area contributed by atoms with Gasteiger partial charge < -0.3 is 5.11 Å². The molecule has 0 aliphatic heterocycles. The van der Waals surface area contributed by atoms with Gasteiger partial charge in [0.05, 0.1) is 34.8 Å². The summed E-state index contributed by atoms with van der Waals surface area (Å²) < 4.78 is 52.8. The van der Waals surface area contributed by atoms with Crippen LogP contribution >= 0.6 is 0 Å². The first-order valence-corrected chi connectivity index (χ1v) is 17.7. The molecule has 2 heterocycles. The molecule has 0 unspecified atom stereocenters. The average Bonchev–Trinajstić information content (AvgIpc) is 3.61. The summed E-state index contributed by atoms with van der Waals surface area (Å²) in [4.78, 5) is 10.1. The number of hydrogen-bond donors (Lipinski definition) is 1. The normalized spacial score (nSPS) is 13.5. The van der Waals surface area contributed by atoms with Gasteiger partial charge in [-0.2, -0.15) is 0 Å². The van der Waals surface area contributed by atoms with Crippen molar-refractivity contribution in [2.45, 2.75) is 45.9 Å². The number of phenols is 1. The third-order valence-electron chi connectivity index (χ3n) is 9.68. The lowest BCUT2D eigenvalue weighted by molar-refractivity contribution is 0.477. The first-order valence-electron chi connectivity index (χ1n) is 20.7. The topological polar surface area (TPSA) is 50.9 Å². The van der Waals surface area contributed by atoms with Crippen LogP contribution < -0.4 is 0 Å². The Morgan fingerprint density at radius 3 is 2.15 bits per heavy atom. The molecule has 0 atom stereocenters. The number of hydrogen-bond acceptors (Lipinski definition) is 3. The fourth-order valence-electron chi connectivity index (χ4n) is 6.81. The van der Waals surface area contributed by atoms with Crippen LogP contribution in [0.3, 0.4) is 0 Å². The largest absolute Gasteiger partial charge is 0.507 e. The van der Waals surface area contributed by atoms with Gasteiger partial charge in [-0.3, -0.25) is 9.55 Å². The molecule has 4 nitrogen and oxygen atoms in total. The van der Waals surface area contributed by atoms with Crippen LogP contribution in [0.2, 0.25) is 0 Å². The van der Waals surface area contributed by atoms with Crippen molar-refractivity contribution in [3.05, 3.63) is 169 Å². The maximum absolute atomic E-state index is 11.3. The lowest BCUT2D eigenvalue weighted by Crippen LogP contribution is -2.11. The Morgan fingerprint density at radius 2 is 1.40 bits per heavy atom. The van der Waals surface area contributed by atoms with Crippen molar-refractivity contribution in [1.29, 1.82) is 0 Å². The molecule has 0 aliphatic rings. The molecule has 0 aliphatic carbocycles. The molecule has 2 aromatic heterocycles. The van der Waals surface area contributed by atoms with Crippen LogP contribution in [0, 0.1) is 0 Å². The van der Waals surface area contributed by atoms with Crippen LogP contribution in [-0.4, -0.2) is 19.6 Å². The Hall–Kier alpha value is -6.26. The second-order valence-electron chi connectivity index (χ2n) is 14.5. The van der Waals surface area contributed by atoms with E-state index in [0.29, 0.717) is 28.2 Å². The summed E-state index contributed by atoms with van der Waals surface area (Å²) in [6.07, 6.45) is 1.60. The van der Waals surface area contributed by atoms with Crippen molar-refractivity contribution in [1.82, 2.24) is 14.5 Å². The van der Waals surface area contributed by atoms with Crippen LogP contribution in [0.4, 0.5) is 0 Å². The zero-order valence-corrected chi connectivity index (χ0v) is 30.4. The van der Waals surface area contributed by atoms with Gasteiger partial charge in [-0.1, -0.05) is 132 Å². The number of aromatic nitrogens is 3. The third-order valence-corrected chi connectivity index (χ3v) is 9.68. The summed E-state index contributed by atoms with van der Waals surface area (Å²) in [5.74, 6) is -0.190. The van der Waals surface area contributed by atoms with E-state index in [9.17, 15) is 5.11 Å². The Kier molecular flexibility index (Phi) is 7.08. The van der Waals surface area contributed by atoms with Gasteiger partial charge in [0, 0.05) is 24.3 Å². The number of nitrogens with zero attached hydrogens (tertiary/aromatic N) is 3. The zero-order valence-electron chi connectivity index (χ0n) is 36.4. The molecule has 0 amide bonds. The summed E-state index contributed by atoms with van der Waals surface area (Å²) >= 11 is 0. The van der Waals surface area contributed by atoms with E-state index in [0.717, 1.165) is 50.1 Å². The van der Waals surface area contributed by atoms with Gasteiger partial charge in [-0.25, -0.2) is 4.98 Å². The monoisotopic (exact) mass is 695 g/mol. The molecule has 0 fully saturated rings. The maximum atomic E-state index is 11.3. The first kappa shape index (κ1) is 27.4. The molecule has 260 valence electrons. The Labute approximate surface area is 320 Å². The minimum absolute atomic E-state index is 0.0952. The molecule has 1 N–H and O–H groups in total. The molecular formula is C49H43N3O. The minimum Gasteiger partial charge on any atom is -0.507 e. The van der Waals surface area contributed by atoms with E-state index in [1.54, 1.807) is 30.5 Å². The first-order chi connectivity index (χ1) is 28.0. The van der Waals surface area contributed by atoms with Gasteiger partial charge in [0.2, 0.25) is 0 Å². The van der Waals surface area contributed by atoms with Crippen molar-refractivity contribution < 1.29 is 13.3 Å². The van der Waals surface area contributed by atoms with E-state index in [4.69, 9.17) is 18.2 Å². The molecule has 0 radical (unpaired) electrons. The molecule has 4 heteroatoms. The van der Waals surface area contributed by atoms with E-state index < -0.39 is 11.9 Å². The summed E-state index contributed by atoms with van der Waals surface area (Å²) in [6.45, 7) is 10.2. The van der Waals surface area contributed by atoms with Crippen molar-refractivity contribution in [3.8, 4) is 67.5 Å². The summed E-state index contributed by atoms with van der Waals surface area (Å²) in [5, 5.41) is 11.3. The van der Waals surface area contributed by atoms with Crippen molar-refractivity contribution >= 4 is 11.0 Å². The number of benzene rings is 6. The van der Waals surface area contributed by atoms with Gasteiger partial charge in [0.15, 0.2) is 0 Å². The number of rotatable bonds is 7. The van der Waals surface area contributed by atoms with Gasteiger partial charge in [-0.15, -0.1) is 0 Å². The highest BCUT2D eigenvalue weighted by Crippen LogP contribution is 2.42. The smallest absolute Gasteiger partial charge is 0.149 e. The summed E-state index contributed by atoms with van der Waals surface area (Å²) in [7, 11) is 0. The van der Waals surface area contributed by atoms with Crippen LogP contribution in [0.5, 0.6) is 5.75 Å². The second kappa shape index (κ2) is 13.7. The zero-order chi connectivity index (χ0) is 42.0. The number of para-hydroxylation sites is 2. The minimum atomic E-state index is -0.842.